The summed E-state index contributed by atoms with van der Waals surface area (Å²) in [7, 11) is -3.76. The molecule has 1 aliphatic carbocycles. The van der Waals surface area contributed by atoms with Crippen LogP contribution in [0, 0.1) is 0 Å². The maximum Gasteiger partial charge on any atom is 0.333 e. The van der Waals surface area contributed by atoms with Gasteiger partial charge in [0.15, 0.2) is 15.6 Å². The highest BCUT2D eigenvalue weighted by Crippen LogP contribution is 2.27. The van der Waals surface area contributed by atoms with Gasteiger partial charge in [-0.25, -0.2) is 17.8 Å². The van der Waals surface area contributed by atoms with Crippen molar-refractivity contribution in [2.75, 3.05) is 11.1 Å². The smallest absolute Gasteiger partial charge is 0.333 e. The van der Waals surface area contributed by atoms with Crippen LogP contribution in [-0.4, -0.2) is 35.5 Å². The molecule has 1 fully saturated rings. The van der Waals surface area contributed by atoms with Crippen LogP contribution < -0.4 is 16.6 Å². The third-order valence-corrected chi connectivity index (χ3v) is 9.14. The van der Waals surface area contributed by atoms with Crippen LogP contribution in [0.5, 0.6) is 0 Å². The predicted molar refractivity (Wildman–Crippen MR) is 137 cm³/mol. The van der Waals surface area contributed by atoms with E-state index in [-0.39, 0.29) is 10.6 Å². The van der Waals surface area contributed by atoms with Crippen LogP contribution in [0.3, 0.4) is 0 Å². The van der Waals surface area contributed by atoms with Crippen molar-refractivity contribution in [1.82, 2.24) is 9.55 Å². The van der Waals surface area contributed by atoms with E-state index in [4.69, 9.17) is 11.6 Å². The quantitative estimate of drug-likeness (QED) is 0.360. The first kappa shape index (κ1) is 23.5. The number of H-pyrrole nitrogens is 1. The van der Waals surface area contributed by atoms with E-state index < -0.39 is 32.6 Å². The maximum absolute atomic E-state index is 13.0. The summed E-state index contributed by atoms with van der Waals surface area (Å²) in [6.07, 6.45) is 2.12. The third kappa shape index (κ3) is 5.09. The molecule has 0 bridgehead atoms. The van der Waals surface area contributed by atoms with Gasteiger partial charge >= 0.3 is 5.69 Å². The lowest BCUT2D eigenvalue weighted by molar-refractivity contribution is -0.116. The summed E-state index contributed by atoms with van der Waals surface area (Å²) < 4.78 is 26.2. The number of carbonyl (C=O) groups excluding carboxylic acids is 1. The standard InChI is InChI=1S/C24H20ClN3O5S2/c25-21-9-10-22(34-21)35(32,33)13-18(29)11-14-1-6-17(7-2-14)28-23(30)19-8-5-16(26-15-3-4-15)12-20(19)27-24(28)31/h1-2,5-10,12,15,26H,3-4,11,13H2,(H,27,31). The molecule has 180 valence electrons. The lowest BCUT2D eigenvalue weighted by atomic mass is 10.1. The van der Waals surface area contributed by atoms with Gasteiger partial charge in [-0.3, -0.25) is 9.59 Å². The molecule has 1 aliphatic rings. The van der Waals surface area contributed by atoms with E-state index in [0.29, 0.717) is 32.5 Å². The molecule has 0 unspecified atom stereocenters. The van der Waals surface area contributed by atoms with Crippen molar-refractivity contribution in [3.63, 3.8) is 0 Å². The van der Waals surface area contributed by atoms with Gasteiger partial charge in [-0.15, -0.1) is 11.3 Å². The minimum absolute atomic E-state index is 0.0524. The number of halogens is 1. The zero-order valence-electron chi connectivity index (χ0n) is 18.3. The SMILES string of the molecule is O=C(Cc1ccc(-n2c(=O)[nH]c3cc(NC4CC4)ccc3c2=O)cc1)CS(=O)(=O)c1ccc(Cl)s1. The number of fused-ring (bicyclic) bond motifs is 1. The number of nitrogens with one attached hydrogen (secondary N) is 2. The fraction of sp³-hybridized carbons (Fsp3) is 0.208. The summed E-state index contributed by atoms with van der Waals surface area (Å²) in [6, 6.07) is 14.9. The van der Waals surface area contributed by atoms with Crippen LogP contribution >= 0.6 is 22.9 Å². The number of Topliss-reactive ketones (excluding diaryl/α,β-unsaturated/α-hetero) is 1. The molecule has 0 spiro atoms. The molecule has 11 heteroatoms. The molecule has 0 saturated heterocycles. The van der Waals surface area contributed by atoms with Gasteiger partial charge in [0.25, 0.3) is 5.56 Å². The van der Waals surface area contributed by atoms with E-state index >= 15 is 0 Å². The molecule has 2 heterocycles. The van der Waals surface area contributed by atoms with E-state index in [1.165, 1.54) is 12.1 Å². The van der Waals surface area contributed by atoms with Crippen molar-refractivity contribution in [3.05, 3.63) is 85.3 Å². The Morgan fingerprint density at radius 3 is 2.49 bits per heavy atom. The minimum atomic E-state index is -3.76. The fourth-order valence-electron chi connectivity index (χ4n) is 3.80. The van der Waals surface area contributed by atoms with E-state index in [1.54, 1.807) is 36.4 Å². The Bertz CT molecular complexity index is 1670. The summed E-state index contributed by atoms with van der Waals surface area (Å²) in [6.45, 7) is 0. The molecule has 35 heavy (non-hydrogen) atoms. The lowest BCUT2D eigenvalue weighted by Gasteiger charge is -2.09. The first-order chi connectivity index (χ1) is 16.7. The predicted octanol–water partition coefficient (Wildman–Crippen LogP) is 3.55. The number of hydrogen-bond donors (Lipinski definition) is 2. The number of sulfone groups is 1. The molecule has 2 aromatic carbocycles. The summed E-state index contributed by atoms with van der Waals surface area (Å²) >= 11 is 6.71. The first-order valence-electron chi connectivity index (χ1n) is 10.8. The molecule has 1 saturated carbocycles. The van der Waals surface area contributed by atoms with Crippen LogP contribution in [0.4, 0.5) is 5.69 Å². The molecule has 0 aliphatic heterocycles. The van der Waals surface area contributed by atoms with Gasteiger partial charge in [0.2, 0.25) is 0 Å². The summed E-state index contributed by atoms with van der Waals surface area (Å²) in [4.78, 5) is 40.9. The van der Waals surface area contributed by atoms with Gasteiger partial charge in [0, 0.05) is 18.2 Å². The first-order valence-corrected chi connectivity index (χ1v) is 13.7. The number of ketones is 1. The van der Waals surface area contributed by atoms with Gasteiger partial charge < -0.3 is 10.3 Å². The Kier molecular flexibility index (Phi) is 6.12. The number of carbonyl (C=O) groups is 1. The van der Waals surface area contributed by atoms with Crippen LogP contribution in [0.1, 0.15) is 18.4 Å². The summed E-state index contributed by atoms with van der Waals surface area (Å²) in [5.74, 6) is -1.11. The number of rotatable bonds is 8. The highest BCUT2D eigenvalue weighted by atomic mass is 35.5. The Balaban J connectivity index is 1.35. The van der Waals surface area contributed by atoms with Crippen molar-refractivity contribution < 1.29 is 13.2 Å². The van der Waals surface area contributed by atoms with E-state index in [0.717, 1.165) is 34.4 Å². The van der Waals surface area contributed by atoms with E-state index in [1.807, 2.05) is 6.07 Å². The maximum atomic E-state index is 13.0. The summed E-state index contributed by atoms with van der Waals surface area (Å²) in [5, 5.41) is 3.72. The third-order valence-electron chi connectivity index (χ3n) is 5.65. The number of anilines is 1. The number of nitrogens with zero attached hydrogens (tertiary/aromatic N) is 1. The van der Waals surface area contributed by atoms with Crippen LogP contribution in [-0.2, 0) is 21.1 Å². The topological polar surface area (TPSA) is 118 Å². The molecule has 2 N–H and O–H groups in total. The second kappa shape index (κ2) is 9.10. The molecule has 0 radical (unpaired) electrons. The fourth-order valence-corrected chi connectivity index (χ4v) is 6.61. The molecule has 0 amide bonds. The van der Waals surface area contributed by atoms with Gasteiger partial charge in [-0.1, -0.05) is 23.7 Å². The summed E-state index contributed by atoms with van der Waals surface area (Å²) in [5.41, 5.74) is 1.19. The van der Waals surface area contributed by atoms with Crippen molar-refractivity contribution in [2.24, 2.45) is 0 Å². The number of aromatic nitrogens is 2. The average Bonchev–Trinajstić information content (AvgIpc) is 3.49. The van der Waals surface area contributed by atoms with Crippen molar-refractivity contribution in [1.29, 1.82) is 0 Å². The monoisotopic (exact) mass is 529 g/mol. The Hall–Kier alpha value is -3.21. The minimum Gasteiger partial charge on any atom is -0.382 e. The van der Waals surface area contributed by atoms with Crippen LogP contribution in [0.25, 0.3) is 16.6 Å². The van der Waals surface area contributed by atoms with Gasteiger partial charge in [-0.05, 0) is 60.9 Å². The van der Waals surface area contributed by atoms with Crippen molar-refractivity contribution in [2.45, 2.75) is 29.5 Å². The molecule has 4 aromatic rings. The number of benzene rings is 2. The normalized spacial score (nSPS) is 13.7. The zero-order valence-corrected chi connectivity index (χ0v) is 20.7. The number of aromatic amines is 1. The Morgan fingerprint density at radius 2 is 1.83 bits per heavy atom. The Morgan fingerprint density at radius 1 is 1.09 bits per heavy atom. The lowest BCUT2D eigenvalue weighted by Crippen LogP contribution is -2.33. The number of thiophene rings is 1. The average molecular weight is 530 g/mol. The zero-order chi connectivity index (χ0) is 24.7. The number of hydrogen-bond acceptors (Lipinski definition) is 7. The van der Waals surface area contributed by atoms with E-state index in [2.05, 4.69) is 10.3 Å². The van der Waals surface area contributed by atoms with Gasteiger partial charge in [0.05, 0.1) is 20.9 Å². The molecule has 2 aromatic heterocycles. The van der Waals surface area contributed by atoms with Crippen LogP contribution in [0.2, 0.25) is 4.34 Å². The van der Waals surface area contributed by atoms with Crippen molar-refractivity contribution >= 4 is 55.1 Å². The molecular formula is C24H20ClN3O5S2. The van der Waals surface area contributed by atoms with Gasteiger partial charge in [0.1, 0.15) is 9.96 Å². The molecule has 0 atom stereocenters. The van der Waals surface area contributed by atoms with Gasteiger partial charge in [-0.2, -0.15) is 0 Å². The van der Waals surface area contributed by atoms with E-state index in [9.17, 15) is 22.8 Å². The Labute approximate surface area is 209 Å². The van der Waals surface area contributed by atoms with Crippen LogP contribution in [0.15, 0.2) is 68.4 Å². The molecule has 8 nitrogen and oxygen atoms in total. The molecular weight excluding hydrogens is 510 g/mol. The molecule has 5 rings (SSSR count). The largest absolute Gasteiger partial charge is 0.382 e. The second-order valence-corrected chi connectivity index (χ2v) is 12.4. The highest BCUT2D eigenvalue weighted by Gasteiger charge is 2.22. The van der Waals surface area contributed by atoms with Crippen molar-refractivity contribution in [3.8, 4) is 5.69 Å². The highest BCUT2D eigenvalue weighted by molar-refractivity contribution is 7.94. The second-order valence-electron chi connectivity index (χ2n) is 8.45.